The van der Waals surface area contributed by atoms with Crippen molar-refractivity contribution < 1.29 is 34.5 Å². The Bertz CT molecular complexity index is 1460. The third-order valence-corrected chi connectivity index (χ3v) is 12.9. The van der Waals surface area contributed by atoms with Crippen LogP contribution in [0.15, 0.2) is 12.1 Å². The number of carbonyl (C=O) groups is 4. The Morgan fingerprint density at radius 3 is 1.19 bits per heavy atom. The molecule has 1 aromatic carbocycles. The van der Waals surface area contributed by atoms with E-state index >= 15 is 0 Å². The minimum Gasteiger partial charge on any atom is -0.507 e. The van der Waals surface area contributed by atoms with Gasteiger partial charge in [0.2, 0.25) is 11.8 Å². The molecule has 0 bridgehead atoms. The summed E-state index contributed by atoms with van der Waals surface area (Å²) in [6.45, 7) is 33.2. The largest absolute Gasteiger partial charge is 0.507 e. The minimum absolute atomic E-state index is 0.0761. The zero-order valence-corrected chi connectivity index (χ0v) is 36.1. The van der Waals surface area contributed by atoms with E-state index in [-0.39, 0.29) is 24.0 Å². The molecule has 9 nitrogen and oxygen atoms in total. The van der Waals surface area contributed by atoms with Crippen LogP contribution in [-0.4, -0.2) is 71.0 Å². The molecular formula is C44H72N2O7. The number of phenolic OH excluding ortho intramolecular Hbond substituents is 1. The van der Waals surface area contributed by atoms with E-state index in [1.54, 1.807) is 13.8 Å². The van der Waals surface area contributed by atoms with Gasteiger partial charge in [-0.25, -0.2) is 0 Å². The number of nitrogens with zero attached hydrogens (tertiary/aromatic N) is 2. The fourth-order valence-corrected chi connectivity index (χ4v) is 12.1. The molecule has 53 heavy (non-hydrogen) atoms. The number of rotatable bonds is 9. The third-order valence-electron chi connectivity index (χ3n) is 12.9. The van der Waals surface area contributed by atoms with E-state index in [1.165, 1.54) is 0 Å². The number of carbonyl (C=O) groups excluding carboxylic acids is 2. The lowest BCUT2D eigenvalue weighted by molar-refractivity contribution is -0.211. The zero-order chi connectivity index (χ0) is 41.3. The molecule has 2 amide bonds. The zero-order valence-electron chi connectivity index (χ0n) is 36.1. The molecule has 0 unspecified atom stereocenters. The van der Waals surface area contributed by atoms with Crippen molar-refractivity contribution in [3.63, 3.8) is 0 Å². The highest BCUT2D eigenvalue weighted by atomic mass is 16.4. The predicted molar refractivity (Wildman–Crippen MR) is 211 cm³/mol. The molecule has 3 N–H and O–H groups in total. The van der Waals surface area contributed by atoms with Gasteiger partial charge in [-0.05, 0) is 133 Å². The summed E-state index contributed by atoms with van der Waals surface area (Å²) in [5, 5.41) is 35.3. The molecule has 2 aliphatic rings. The second-order valence-corrected chi connectivity index (χ2v) is 21.2. The lowest BCUT2D eigenvalue weighted by atomic mass is 9.42. The molecule has 0 aromatic heterocycles. The molecule has 0 atom stereocenters. The Morgan fingerprint density at radius 1 is 0.660 bits per heavy atom. The third kappa shape index (κ3) is 7.61. The van der Waals surface area contributed by atoms with Gasteiger partial charge in [0.25, 0.3) is 0 Å². The van der Waals surface area contributed by atoms with Crippen LogP contribution in [-0.2, 0) is 36.4 Å². The average molecular weight is 741 g/mol. The highest BCUT2D eigenvalue weighted by molar-refractivity contribution is 6.00. The second-order valence-electron chi connectivity index (χ2n) is 21.2. The van der Waals surface area contributed by atoms with Crippen LogP contribution in [0.1, 0.15) is 173 Å². The van der Waals surface area contributed by atoms with Crippen molar-refractivity contribution in [2.75, 3.05) is 0 Å². The van der Waals surface area contributed by atoms with Crippen molar-refractivity contribution >= 4 is 23.8 Å². The molecule has 9 heteroatoms. The van der Waals surface area contributed by atoms with Gasteiger partial charge in [-0.15, -0.1) is 0 Å². The summed E-state index contributed by atoms with van der Waals surface area (Å²) in [6, 6.07) is 3.64. The van der Waals surface area contributed by atoms with Gasteiger partial charge in [-0.2, -0.15) is 0 Å². The van der Waals surface area contributed by atoms with Gasteiger partial charge in [-0.1, -0.05) is 67.0 Å². The van der Waals surface area contributed by atoms with Crippen LogP contribution in [0.5, 0.6) is 5.75 Å². The summed E-state index contributed by atoms with van der Waals surface area (Å²) in [7, 11) is 0. The molecule has 300 valence electrons. The van der Waals surface area contributed by atoms with E-state index in [4.69, 9.17) is 0 Å². The number of carboxylic acid groups (broad SMARTS) is 2. The SMILES string of the molecule is CCCC(C1CC(C)(C)N(C(C)=O)C(C)(C)C1)(C1CC(C)(C)N(C(C)=O)C(C)(C)C1)C(Cc1cc(C(C)(C)C)c(O)c(C(C)(C)C)c1)(C(=O)O)C(=O)O. The Morgan fingerprint density at radius 2 is 0.962 bits per heavy atom. The Labute approximate surface area is 320 Å². The van der Waals surface area contributed by atoms with Gasteiger partial charge in [-0.3, -0.25) is 19.2 Å². The number of benzene rings is 1. The van der Waals surface area contributed by atoms with Crippen molar-refractivity contribution in [1.29, 1.82) is 0 Å². The summed E-state index contributed by atoms with van der Waals surface area (Å²) < 4.78 is 0. The van der Waals surface area contributed by atoms with Gasteiger partial charge in [0.05, 0.1) is 0 Å². The summed E-state index contributed by atoms with van der Waals surface area (Å²) in [6.07, 6.45) is 2.26. The molecule has 1 aromatic rings. The first-order chi connectivity index (χ1) is 23.7. The maximum absolute atomic E-state index is 14.5. The molecule has 2 fully saturated rings. The van der Waals surface area contributed by atoms with Crippen LogP contribution < -0.4 is 0 Å². The lowest BCUT2D eigenvalue weighted by Crippen LogP contribution is -2.71. The lowest BCUT2D eigenvalue weighted by Gasteiger charge is -2.66. The van der Waals surface area contributed by atoms with Crippen molar-refractivity contribution in [2.45, 2.75) is 196 Å². The van der Waals surface area contributed by atoms with E-state index < -0.39 is 67.6 Å². The Hall–Kier alpha value is -3.10. The molecule has 2 heterocycles. The highest BCUT2D eigenvalue weighted by Crippen LogP contribution is 2.66. The molecule has 3 rings (SSSR count). The van der Waals surface area contributed by atoms with Crippen molar-refractivity contribution in [2.24, 2.45) is 22.7 Å². The molecule has 0 saturated carbocycles. The van der Waals surface area contributed by atoms with Crippen LogP contribution in [0.3, 0.4) is 0 Å². The number of hydrogen-bond acceptors (Lipinski definition) is 5. The quantitative estimate of drug-likeness (QED) is 0.215. The van der Waals surface area contributed by atoms with Gasteiger partial charge in [0.15, 0.2) is 5.41 Å². The number of likely N-dealkylation sites (tertiary alicyclic amines) is 2. The fourth-order valence-electron chi connectivity index (χ4n) is 12.1. The van der Waals surface area contributed by atoms with Crippen LogP contribution in [0.25, 0.3) is 0 Å². The van der Waals surface area contributed by atoms with E-state index in [1.807, 2.05) is 126 Å². The first kappa shape index (κ1) is 44.3. The number of hydrogen-bond donors (Lipinski definition) is 3. The first-order valence-corrected chi connectivity index (χ1v) is 19.6. The number of phenols is 1. The molecule has 0 radical (unpaired) electrons. The summed E-state index contributed by atoms with van der Waals surface area (Å²) in [5.41, 5.74) is -5.66. The molecule has 0 spiro atoms. The van der Waals surface area contributed by atoms with Gasteiger partial charge >= 0.3 is 11.9 Å². The fraction of sp³-hybridized carbons (Fsp3) is 0.773. The smallest absolute Gasteiger partial charge is 0.321 e. The van der Waals surface area contributed by atoms with Crippen molar-refractivity contribution in [1.82, 2.24) is 9.80 Å². The normalized spacial score (nSPS) is 21.0. The van der Waals surface area contributed by atoms with Gasteiger partial charge < -0.3 is 25.1 Å². The Balaban J connectivity index is 2.61. The molecule has 0 aliphatic carbocycles. The number of aromatic hydroxyl groups is 1. The van der Waals surface area contributed by atoms with Crippen LogP contribution in [0, 0.1) is 22.7 Å². The maximum Gasteiger partial charge on any atom is 0.321 e. The molecular weight excluding hydrogens is 668 g/mol. The number of piperidine rings is 2. The average Bonchev–Trinajstić information content (AvgIpc) is 2.90. The van der Waals surface area contributed by atoms with Crippen LogP contribution in [0.2, 0.25) is 0 Å². The summed E-state index contributed by atoms with van der Waals surface area (Å²) in [5.74, 6) is -3.61. The summed E-state index contributed by atoms with van der Waals surface area (Å²) in [4.78, 5) is 59.4. The molecule has 2 aliphatic heterocycles. The van der Waals surface area contributed by atoms with E-state index in [0.29, 0.717) is 55.2 Å². The number of carboxylic acids is 2. The predicted octanol–water partition coefficient (Wildman–Crippen LogP) is 9.10. The minimum atomic E-state index is -2.31. The highest BCUT2D eigenvalue weighted by Gasteiger charge is 2.71. The van der Waals surface area contributed by atoms with E-state index in [2.05, 4.69) is 0 Å². The van der Waals surface area contributed by atoms with Crippen LogP contribution in [0.4, 0.5) is 0 Å². The van der Waals surface area contributed by atoms with E-state index in [9.17, 15) is 34.5 Å². The summed E-state index contributed by atoms with van der Waals surface area (Å²) >= 11 is 0. The molecule has 2 saturated heterocycles. The monoisotopic (exact) mass is 741 g/mol. The Kier molecular flexibility index (Phi) is 11.6. The van der Waals surface area contributed by atoms with Crippen LogP contribution >= 0.6 is 0 Å². The van der Waals surface area contributed by atoms with Crippen molar-refractivity contribution in [3.8, 4) is 5.75 Å². The second kappa shape index (κ2) is 13.9. The topological polar surface area (TPSA) is 135 Å². The number of aliphatic carboxylic acids is 2. The van der Waals surface area contributed by atoms with Gasteiger partial charge in [0, 0.05) is 41.4 Å². The number of amides is 2. The maximum atomic E-state index is 14.5. The van der Waals surface area contributed by atoms with Crippen molar-refractivity contribution in [3.05, 3.63) is 28.8 Å². The standard InChI is InChI=1S/C44H72N2O7/c1-18-19-43(30-23-39(10,11)45(27(2)47)40(12,13)24-30,31-25-41(14,15)46(28(3)48)42(16,17)26-31)44(35(50)51,36(52)53)22-29-20-32(37(4,5)6)34(49)33(21-29)38(7,8)9/h20-21,30-31,49H,18-19,22-26H2,1-17H3,(H,50,51)(H,52,53). The van der Waals surface area contributed by atoms with Gasteiger partial charge in [0.1, 0.15) is 5.75 Å². The first-order valence-electron chi connectivity index (χ1n) is 19.6. The van der Waals surface area contributed by atoms with E-state index in [0.717, 1.165) is 0 Å².